The normalized spacial score (nSPS) is 10.6. The van der Waals surface area contributed by atoms with Crippen LogP contribution in [0.3, 0.4) is 0 Å². The second-order valence-electron chi connectivity index (χ2n) is 4.84. The molecule has 21 heavy (non-hydrogen) atoms. The van der Waals surface area contributed by atoms with E-state index in [1.165, 1.54) is 5.56 Å². The summed E-state index contributed by atoms with van der Waals surface area (Å²) in [6.07, 6.45) is 0. The van der Waals surface area contributed by atoms with Crippen molar-refractivity contribution in [3.05, 3.63) is 58.1 Å². The van der Waals surface area contributed by atoms with Gasteiger partial charge < -0.3 is 14.8 Å². The van der Waals surface area contributed by atoms with Crippen molar-refractivity contribution < 1.29 is 9.47 Å². The highest BCUT2D eigenvalue weighted by Crippen LogP contribution is 2.28. The number of methoxy groups -OCH3 is 1. The molecule has 2 aromatic carbocycles. The summed E-state index contributed by atoms with van der Waals surface area (Å²) in [5, 5.41) is 3.34. The van der Waals surface area contributed by atoms with Crippen LogP contribution in [0.1, 0.15) is 11.1 Å². The largest absolute Gasteiger partial charge is 0.457 e. The van der Waals surface area contributed by atoms with Crippen LogP contribution in [0, 0.1) is 6.92 Å². The van der Waals surface area contributed by atoms with E-state index in [-0.39, 0.29) is 0 Å². The van der Waals surface area contributed by atoms with Crippen molar-refractivity contribution in [2.24, 2.45) is 0 Å². The summed E-state index contributed by atoms with van der Waals surface area (Å²) in [5.41, 5.74) is 2.30. The van der Waals surface area contributed by atoms with Crippen LogP contribution in [-0.4, -0.2) is 20.3 Å². The quantitative estimate of drug-likeness (QED) is 0.756. The highest BCUT2D eigenvalue weighted by Gasteiger charge is 2.06. The van der Waals surface area contributed by atoms with E-state index in [4.69, 9.17) is 9.47 Å². The maximum Gasteiger partial charge on any atom is 0.131 e. The first kappa shape index (κ1) is 16.0. The predicted octanol–water partition coefficient (Wildman–Crippen LogP) is 4.29. The van der Waals surface area contributed by atoms with Gasteiger partial charge in [0.2, 0.25) is 0 Å². The van der Waals surface area contributed by atoms with Gasteiger partial charge in [-0.1, -0.05) is 28.1 Å². The molecule has 4 heteroatoms. The fourth-order valence-corrected chi connectivity index (χ4v) is 2.40. The molecule has 0 saturated heterocycles. The van der Waals surface area contributed by atoms with Gasteiger partial charge in [-0.2, -0.15) is 0 Å². The first-order chi connectivity index (χ1) is 10.2. The molecular formula is C17H20BrNO2. The van der Waals surface area contributed by atoms with Crippen LogP contribution in [0.25, 0.3) is 0 Å². The number of hydrogen-bond donors (Lipinski definition) is 1. The summed E-state index contributed by atoms with van der Waals surface area (Å²) in [6, 6.07) is 14.1. The Morgan fingerprint density at radius 2 is 2.00 bits per heavy atom. The zero-order chi connectivity index (χ0) is 15.1. The molecule has 112 valence electrons. The smallest absolute Gasteiger partial charge is 0.131 e. The second-order valence-corrected chi connectivity index (χ2v) is 5.76. The summed E-state index contributed by atoms with van der Waals surface area (Å²) < 4.78 is 12.1. The molecule has 0 aliphatic heterocycles. The van der Waals surface area contributed by atoms with Gasteiger partial charge in [-0.3, -0.25) is 0 Å². The number of hydrogen-bond acceptors (Lipinski definition) is 3. The van der Waals surface area contributed by atoms with E-state index in [1.54, 1.807) is 7.11 Å². The fourth-order valence-electron chi connectivity index (χ4n) is 1.99. The zero-order valence-electron chi connectivity index (χ0n) is 12.4. The number of benzene rings is 2. The molecular weight excluding hydrogens is 330 g/mol. The topological polar surface area (TPSA) is 30.5 Å². The van der Waals surface area contributed by atoms with Gasteiger partial charge in [0, 0.05) is 30.2 Å². The molecule has 3 nitrogen and oxygen atoms in total. The summed E-state index contributed by atoms with van der Waals surface area (Å²) >= 11 is 3.51. The number of halogens is 1. The molecule has 2 rings (SSSR count). The van der Waals surface area contributed by atoms with Crippen LogP contribution in [0.2, 0.25) is 0 Å². The SMILES string of the molecule is COCCNCc1cc(Br)ccc1Oc1cccc(C)c1. The molecule has 0 aliphatic carbocycles. The minimum absolute atomic E-state index is 0.697. The van der Waals surface area contributed by atoms with Gasteiger partial charge in [0.1, 0.15) is 11.5 Å². The van der Waals surface area contributed by atoms with E-state index in [0.29, 0.717) is 6.61 Å². The van der Waals surface area contributed by atoms with E-state index in [9.17, 15) is 0 Å². The van der Waals surface area contributed by atoms with Gasteiger partial charge in [-0.25, -0.2) is 0 Å². The average molecular weight is 350 g/mol. The minimum Gasteiger partial charge on any atom is -0.457 e. The number of nitrogens with one attached hydrogen (secondary N) is 1. The Labute approximate surface area is 134 Å². The standard InChI is InChI=1S/C17H20BrNO2/c1-13-4-3-5-16(10-13)21-17-7-6-15(18)11-14(17)12-19-8-9-20-2/h3-7,10-11,19H,8-9,12H2,1-2H3. The van der Waals surface area contributed by atoms with Crippen LogP contribution < -0.4 is 10.1 Å². The summed E-state index contributed by atoms with van der Waals surface area (Å²) in [6.45, 7) is 4.31. The molecule has 0 unspecified atom stereocenters. The van der Waals surface area contributed by atoms with Gasteiger partial charge in [-0.05, 0) is 42.8 Å². The lowest BCUT2D eigenvalue weighted by Crippen LogP contribution is -2.18. The van der Waals surface area contributed by atoms with Gasteiger partial charge in [-0.15, -0.1) is 0 Å². The highest BCUT2D eigenvalue weighted by molar-refractivity contribution is 9.10. The lowest BCUT2D eigenvalue weighted by molar-refractivity contribution is 0.199. The number of aryl methyl sites for hydroxylation is 1. The lowest BCUT2D eigenvalue weighted by Gasteiger charge is -2.13. The van der Waals surface area contributed by atoms with Crippen LogP contribution >= 0.6 is 15.9 Å². The summed E-state index contributed by atoms with van der Waals surface area (Å²) in [4.78, 5) is 0. The number of ether oxygens (including phenoxy) is 2. The lowest BCUT2D eigenvalue weighted by atomic mass is 10.2. The third kappa shape index (κ3) is 5.16. The molecule has 2 aromatic rings. The molecule has 0 radical (unpaired) electrons. The average Bonchev–Trinajstić information content (AvgIpc) is 2.46. The van der Waals surface area contributed by atoms with Crippen LogP contribution in [0.15, 0.2) is 46.9 Å². The molecule has 0 aromatic heterocycles. The van der Waals surface area contributed by atoms with Crippen molar-refractivity contribution in [3.63, 3.8) is 0 Å². The van der Waals surface area contributed by atoms with E-state index < -0.39 is 0 Å². The van der Waals surface area contributed by atoms with Gasteiger partial charge in [0.25, 0.3) is 0 Å². The number of rotatable bonds is 7. The van der Waals surface area contributed by atoms with Crippen molar-refractivity contribution >= 4 is 15.9 Å². The Morgan fingerprint density at radius 3 is 2.76 bits per heavy atom. The van der Waals surface area contributed by atoms with Gasteiger partial charge in [0.05, 0.1) is 6.61 Å². The molecule has 0 bridgehead atoms. The summed E-state index contributed by atoms with van der Waals surface area (Å²) in [7, 11) is 1.70. The molecule has 0 heterocycles. The van der Waals surface area contributed by atoms with Crippen molar-refractivity contribution in [2.75, 3.05) is 20.3 Å². The van der Waals surface area contributed by atoms with E-state index >= 15 is 0 Å². The van der Waals surface area contributed by atoms with E-state index in [2.05, 4.69) is 40.3 Å². The van der Waals surface area contributed by atoms with Crippen LogP contribution in [-0.2, 0) is 11.3 Å². The first-order valence-corrected chi connectivity index (χ1v) is 7.71. The maximum absolute atomic E-state index is 6.01. The Balaban J connectivity index is 2.10. The molecule has 0 fully saturated rings. The summed E-state index contributed by atoms with van der Waals surface area (Å²) in [5.74, 6) is 1.73. The molecule has 1 N–H and O–H groups in total. The van der Waals surface area contributed by atoms with E-state index in [1.807, 2.05) is 30.3 Å². The molecule has 0 atom stereocenters. The van der Waals surface area contributed by atoms with E-state index in [0.717, 1.165) is 34.6 Å². The van der Waals surface area contributed by atoms with Crippen molar-refractivity contribution in [3.8, 4) is 11.5 Å². The Bertz CT molecular complexity index is 587. The molecule has 0 aliphatic rings. The fraction of sp³-hybridized carbons (Fsp3) is 0.294. The first-order valence-electron chi connectivity index (χ1n) is 6.91. The Kier molecular flexibility index (Phi) is 6.23. The highest BCUT2D eigenvalue weighted by atomic mass is 79.9. The predicted molar refractivity (Wildman–Crippen MR) is 89.0 cm³/mol. The molecule has 0 spiro atoms. The molecule has 0 saturated carbocycles. The van der Waals surface area contributed by atoms with Crippen LogP contribution in [0.4, 0.5) is 0 Å². The minimum atomic E-state index is 0.697. The second kappa shape index (κ2) is 8.17. The molecule has 0 amide bonds. The zero-order valence-corrected chi connectivity index (χ0v) is 13.9. The monoisotopic (exact) mass is 349 g/mol. The van der Waals surface area contributed by atoms with Gasteiger partial charge >= 0.3 is 0 Å². The van der Waals surface area contributed by atoms with Crippen molar-refractivity contribution in [1.29, 1.82) is 0 Å². The van der Waals surface area contributed by atoms with Crippen LogP contribution in [0.5, 0.6) is 11.5 Å². The van der Waals surface area contributed by atoms with Crippen molar-refractivity contribution in [2.45, 2.75) is 13.5 Å². The van der Waals surface area contributed by atoms with Crippen molar-refractivity contribution in [1.82, 2.24) is 5.32 Å². The maximum atomic E-state index is 6.01. The third-order valence-corrected chi connectivity index (χ3v) is 3.53. The Hall–Kier alpha value is -1.36. The third-order valence-electron chi connectivity index (χ3n) is 3.04. The Morgan fingerprint density at radius 1 is 1.14 bits per heavy atom. The van der Waals surface area contributed by atoms with Gasteiger partial charge in [0.15, 0.2) is 0 Å².